The molecule has 1 rings (SSSR count). The lowest BCUT2D eigenvalue weighted by atomic mass is 10.0. The minimum Gasteiger partial charge on any atom is -0.480 e. The summed E-state index contributed by atoms with van der Waals surface area (Å²) in [5, 5.41) is 24.2. The van der Waals surface area contributed by atoms with E-state index in [0.717, 1.165) is 4.90 Å². The van der Waals surface area contributed by atoms with Crippen molar-refractivity contribution < 1.29 is 29.4 Å². The van der Waals surface area contributed by atoms with Crippen molar-refractivity contribution in [3.63, 3.8) is 0 Å². The third-order valence-corrected chi connectivity index (χ3v) is 4.41. The molecule has 1 heterocycles. The van der Waals surface area contributed by atoms with Gasteiger partial charge in [-0.1, -0.05) is 13.8 Å². The number of nitrogens with one attached hydrogen (secondary N) is 2. The summed E-state index contributed by atoms with van der Waals surface area (Å²) >= 11 is 0. The molecule has 3 amide bonds. The molecule has 0 aromatic rings. The molecule has 154 valence electrons. The van der Waals surface area contributed by atoms with E-state index in [1.54, 1.807) is 0 Å². The molecule has 10 heteroatoms. The van der Waals surface area contributed by atoms with Gasteiger partial charge in [-0.15, -0.1) is 0 Å². The third kappa shape index (κ3) is 6.47. The Hall–Kier alpha value is -2.20. The Kier molecular flexibility index (Phi) is 8.64. The zero-order chi connectivity index (χ0) is 20.7. The lowest BCUT2D eigenvalue weighted by Gasteiger charge is -2.30. The number of aliphatic hydroxyl groups excluding tert-OH is 1. The molecule has 0 radical (unpaired) electrons. The van der Waals surface area contributed by atoms with Crippen LogP contribution in [-0.2, 0) is 19.2 Å². The van der Waals surface area contributed by atoms with Crippen LogP contribution in [0.25, 0.3) is 0 Å². The van der Waals surface area contributed by atoms with Gasteiger partial charge in [0.05, 0.1) is 12.6 Å². The van der Waals surface area contributed by atoms with Crippen LogP contribution in [0, 0.1) is 5.92 Å². The molecule has 0 spiro atoms. The first kappa shape index (κ1) is 22.8. The highest BCUT2D eigenvalue weighted by atomic mass is 16.4. The number of nitrogens with two attached hydrogens (primary N) is 1. The SMILES string of the molecule is CC(C)CC(NC(=O)CN)C(=O)NC(C(=O)N1CCCC1C(=O)O)C(C)O. The van der Waals surface area contributed by atoms with E-state index in [1.165, 1.54) is 6.92 Å². The predicted octanol–water partition coefficient (Wildman–Crippen LogP) is -1.58. The van der Waals surface area contributed by atoms with Gasteiger partial charge in [-0.2, -0.15) is 0 Å². The number of aliphatic hydroxyl groups is 1. The molecule has 1 saturated heterocycles. The van der Waals surface area contributed by atoms with Crippen LogP contribution in [0.2, 0.25) is 0 Å². The minimum absolute atomic E-state index is 0.0782. The van der Waals surface area contributed by atoms with Crippen LogP contribution in [0.3, 0.4) is 0 Å². The number of aliphatic carboxylic acids is 1. The molecule has 4 unspecified atom stereocenters. The van der Waals surface area contributed by atoms with Crippen LogP contribution in [0.15, 0.2) is 0 Å². The number of carbonyl (C=O) groups excluding carboxylic acids is 3. The molecule has 0 aromatic carbocycles. The average molecular weight is 386 g/mol. The van der Waals surface area contributed by atoms with Crippen molar-refractivity contribution in [3.8, 4) is 0 Å². The van der Waals surface area contributed by atoms with Gasteiger partial charge >= 0.3 is 5.97 Å². The zero-order valence-corrected chi connectivity index (χ0v) is 16.0. The Morgan fingerprint density at radius 3 is 2.30 bits per heavy atom. The van der Waals surface area contributed by atoms with Gasteiger partial charge in [-0.25, -0.2) is 4.79 Å². The van der Waals surface area contributed by atoms with E-state index in [9.17, 15) is 29.4 Å². The summed E-state index contributed by atoms with van der Waals surface area (Å²) in [6.45, 7) is 5.04. The quantitative estimate of drug-likeness (QED) is 0.319. The Morgan fingerprint density at radius 1 is 1.19 bits per heavy atom. The van der Waals surface area contributed by atoms with E-state index in [-0.39, 0.29) is 19.0 Å². The number of likely N-dealkylation sites (tertiary alicyclic amines) is 1. The van der Waals surface area contributed by atoms with Crippen molar-refractivity contribution in [3.05, 3.63) is 0 Å². The smallest absolute Gasteiger partial charge is 0.326 e. The van der Waals surface area contributed by atoms with Crippen molar-refractivity contribution in [2.75, 3.05) is 13.1 Å². The molecule has 1 aliphatic rings. The van der Waals surface area contributed by atoms with Crippen molar-refractivity contribution in [1.29, 1.82) is 0 Å². The maximum Gasteiger partial charge on any atom is 0.326 e. The number of nitrogens with zero attached hydrogens (tertiary/aromatic N) is 1. The molecule has 1 fully saturated rings. The summed E-state index contributed by atoms with van der Waals surface area (Å²) in [5.41, 5.74) is 5.28. The van der Waals surface area contributed by atoms with Crippen LogP contribution >= 0.6 is 0 Å². The first-order valence-corrected chi connectivity index (χ1v) is 9.09. The van der Waals surface area contributed by atoms with Crippen LogP contribution in [0.5, 0.6) is 0 Å². The topological polar surface area (TPSA) is 162 Å². The lowest BCUT2D eigenvalue weighted by Crippen LogP contribution is -2.59. The average Bonchev–Trinajstić information content (AvgIpc) is 3.07. The van der Waals surface area contributed by atoms with Crippen LogP contribution in [-0.4, -0.2) is 76.1 Å². The second-order valence-electron chi connectivity index (χ2n) is 7.21. The van der Waals surface area contributed by atoms with Crippen molar-refractivity contribution in [2.45, 2.75) is 64.3 Å². The predicted molar refractivity (Wildman–Crippen MR) is 96.4 cm³/mol. The summed E-state index contributed by atoms with van der Waals surface area (Å²) in [6.07, 6.45) is -0.0587. The van der Waals surface area contributed by atoms with E-state index < -0.39 is 47.9 Å². The molecule has 0 saturated carbocycles. The normalized spacial score (nSPS) is 20.1. The van der Waals surface area contributed by atoms with Gasteiger partial charge in [0, 0.05) is 6.54 Å². The van der Waals surface area contributed by atoms with Crippen LogP contribution in [0.4, 0.5) is 0 Å². The van der Waals surface area contributed by atoms with E-state index in [0.29, 0.717) is 19.3 Å². The zero-order valence-electron chi connectivity index (χ0n) is 16.0. The van der Waals surface area contributed by atoms with E-state index in [4.69, 9.17) is 5.73 Å². The molecule has 0 bridgehead atoms. The Labute approximate surface area is 158 Å². The monoisotopic (exact) mass is 386 g/mol. The van der Waals surface area contributed by atoms with Gasteiger partial charge in [0.2, 0.25) is 17.7 Å². The minimum atomic E-state index is -1.30. The third-order valence-electron chi connectivity index (χ3n) is 4.41. The number of carboxylic acid groups (broad SMARTS) is 1. The standard InChI is InChI=1S/C17H30N4O6/c1-9(2)7-11(19-13(23)8-18)15(24)20-14(10(3)22)16(25)21-6-4-5-12(21)17(26)27/h9-12,14,22H,4-8,18H2,1-3H3,(H,19,23)(H,20,24)(H,26,27). The molecule has 0 aliphatic carbocycles. The van der Waals surface area contributed by atoms with Gasteiger partial charge in [0.15, 0.2) is 0 Å². The second kappa shape index (κ2) is 10.2. The molecule has 1 aliphatic heterocycles. The van der Waals surface area contributed by atoms with E-state index in [1.807, 2.05) is 13.8 Å². The number of hydrogen-bond acceptors (Lipinski definition) is 6. The van der Waals surface area contributed by atoms with Gasteiger partial charge in [-0.05, 0) is 32.1 Å². The van der Waals surface area contributed by atoms with Gasteiger partial charge in [-0.3, -0.25) is 14.4 Å². The Balaban J connectivity index is 2.92. The summed E-state index contributed by atoms with van der Waals surface area (Å²) in [7, 11) is 0. The van der Waals surface area contributed by atoms with Gasteiger partial charge < -0.3 is 31.5 Å². The molecular formula is C17H30N4O6. The number of amides is 3. The Morgan fingerprint density at radius 2 is 1.81 bits per heavy atom. The number of carbonyl (C=O) groups is 4. The highest BCUT2D eigenvalue weighted by molar-refractivity contribution is 5.94. The number of hydrogen-bond donors (Lipinski definition) is 5. The molecule has 6 N–H and O–H groups in total. The largest absolute Gasteiger partial charge is 0.480 e. The summed E-state index contributed by atoms with van der Waals surface area (Å²) in [6, 6.07) is -3.19. The van der Waals surface area contributed by atoms with Gasteiger partial charge in [0.1, 0.15) is 18.1 Å². The fourth-order valence-electron chi connectivity index (χ4n) is 3.06. The van der Waals surface area contributed by atoms with Crippen LogP contribution in [0.1, 0.15) is 40.0 Å². The lowest BCUT2D eigenvalue weighted by molar-refractivity contribution is -0.150. The fourth-order valence-corrected chi connectivity index (χ4v) is 3.06. The first-order chi connectivity index (χ1) is 12.6. The highest BCUT2D eigenvalue weighted by Crippen LogP contribution is 2.19. The fraction of sp³-hybridized carbons (Fsp3) is 0.765. The second-order valence-corrected chi connectivity index (χ2v) is 7.21. The maximum absolute atomic E-state index is 12.7. The Bertz CT molecular complexity index is 566. The first-order valence-electron chi connectivity index (χ1n) is 9.09. The summed E-state index contributed by atoms with van der Waals surface area (Å²) < 4.78 is 0. The van der Waals surface area contributed by atoms with E-state index >= 15 is 0 Å². The highest BCUT2D eigenvalue weighted by Gasteiger charge is 2.39. The summed E-state index contributed by atoms with van der Waals surface area (Å²) in [5.74, 6) is -2.84. The maximum atomic E-state index is 12.7. The molecule has 0 aromatic heterocycles. The van der Waals surface area contributed by atoms with Crippen molar-refractivity contribution in [2.24, 2.45) is 11.7 Å². The molecule has 27 heavy (non-hydrogen) atoms. The molecule has 10 nitrogen and oxygen atoms in total. The van der Waals surface area contributed by atoms with Crippen molar-refractivity contribution in [1.82, 2.24) is 15.5 Å². The molecule has 4 atom stereocenters. The van der Waals surface area contributed by atoms with E-state index in [2.05, 4.69) is 10.6 Å². The number of rotatable bonds is 9. The van der Waals surface area contributed by atoms with Gasteiger partial charge in [0.25, 0.3) is 0 Å². The molecular weight excluding hydrogens is 356 g/mol. The summed E-state index contributed by atoms with van der Waals surface area (Å²) in [4.78, 5) is 49.4. The van der Waals surface area contributed by atoms with Crippen molar-refractivity contribution >= 4 is 23.7 Å². The number of carboxylic acids is 1. The van der Waals surface area contributed by atoms with Crippen LogP contribution < -0.4 is 16.4 Å².